The molecule has 27 heavy (non-hydrogen) atoms. The second-order valence-electron chi connectivity index (χ2n) is 6.96. The first-order chi connectivity index (χ1) is 12.6. The van der Waals surface area contributed by atoms with Gasteiger partial charge in [-0.15, -0.1) is 0 Å². The fraction of sp³-hybridized carbons (Fsp3) is 0.400. The van der Waals surface area contributed by atoms with Crippen molar-refractivity contribution in [3.05, 3.63) is 70.8 Å². The molecule has 0 heterocycles. The van der Waals surface area contributed by atoms with Crippen molar-refractivity contribution in [2.75, 3.05) is 0 Å². The van der Waals surface area contributed by atoms with Gasteiger partial charge >= 0.3 is 6.18 Å². The molecule has 2 aromatic rings. The summed E-state index contributed by atoms with van der Waals surface area (Å²) in [6, 6.07) is 7.20. The van der Waals surface area contributed by atoms with Gasteiger partial charge in [0.05, 0.1) is 17.7 Å². The van der Waals surface area contributed by atoms with Gasteiger partial charge in [0.25, 0.3) is 0 Å². The van der Waals surface area contributed by atoms with Gasteiger partial charge in [0, 0.05) is 11.6 Å². The number of alkyl halides is 3. The topological polar surface area (TPSA) is 32.3 Å². The van der Waals surface area contributed by atoms with E-state index in [9.17, 15) is 27.1 Å². The SMILES string of the molecule is CCC(O)C(NC1(c2cccc(C(F)(F)F)c2)CC1)c1cc(F)cc(F)c1. The minimum absolute atomic E-state index is 0.222. The quantitative estimate of drug-likeness (QED) is 0.680. The van der Waals surface area contributed by atoms with Crippen LogP contribution in [0.25, 0.3) is 0 Å². The largest absolute Gasteiger partial charge is 0.416 e. The lowest BCUT2D eigenvalue weighted by molar-refractivity contribution is -0.137. The van der Waals surface area contributed by atoms with Crippen LogP contribution in [-0.2, 0) is 11.7 Å². The molecule has 2 aromatic carbocycles. The lowest BCUT2D eigenvalue weighted by atomic mass is 9.95. The third-order valence-corrected chi connectivity index (χ3v) is 4.97. The van der Waals surface area contributed by atoms with Crippen LogP contribution in [0.5, 0.6) is 0 Å². The van der Waals surface area contributed by atoms with E-state index in [2.05, 4.69) is 5.32 Å². The summed E-state index contributed by atoms with van der Waals surface area (Å²) in [5, 5.41) is 13.6. The van der Waals surface area contributed by atoms with Crippen molar-refractivity contribution >= 4 is 0 Å². The predicted molar refractivity (Wildman–Crippen MR) is 90.9 cm³/mol. The van der Waals surface area contributed by atoms with Gasteiger partial charge in [-0.25, -0.2) is 8.78 Å². The highest BCUT2D eigenvalue weighted by Gasteiger charge is 2.47. The lowest BCUT2D eigenvalue weighted by Crippen LogP contribution is -2.39. The van der Waals surface area contributed by atoms with Crippen LogP contribution in [0.2, 0.25) is 0 Å². The molecular weight excluding hydrogens is 365 g/mol. The Morgan fingerprint density at radius 3 is 2.22 bits per heavy atom. The van der Waals surface area contributed by atoms with Gasteiger partial charge in [0.15, 0.2) is 0 Å². The van der Waals surface area contributed by atoms with Gasteiger partial charge in [0.1, 0.15) is 11.6 Å². The summed E-state index contributed by atoms with van der Waals surface area (Å²) in [6.07, 6.45) is -3.96. The maximum atomic E-state index is 13.6. The van der Waals surface area contributed by atoms with Crippen LogP contribution in [0, 0.1) is 11.6 Å². The number of nitrogens with one attached hydrogen (secondary N) is 1. The summed E-state index contributed by atoms with van der Waals surface area (Å²) >= 11 is 0. The van der Waals surface area contributed by atoms with Crippen molar-refractivity contribution in [2.24, 2.45) is 0 Å². The molecule has 1 aliphatic rings. The predicted octanol–water partition coefficient (Wildman–Crippen LogP) is 5.07. The van der Waals surface area contributed by atoms with E-state index < -0.39 is 41.1 Å². The van der Waals surface area contributed by atoms with Crippen molar-refractivity contribution in [1.82, 2.24) is 5.32 Å². The first-order valence-corrected chi connectivity index (χ1v) is 8.74. The zero-order chi connectivity index (χ0) is 19.8. The first kappa shape index (κ1) is 19.8. The summed E-state index contributed by atoms with van der Waals surface area (Å²) in [6.45, 7) is 1.72. The third kappa shape index (κ3) is 4.30. The number of hydrogen-bond donors (Lipinski definition) is 2. The Bertz CT molecular complexity index is 796. The molecule has 1 saturated carbocycles. The maximum Gasteiger partial charge on any atom is 0.416 e. The van der Waals surface area contributed by atoms with E-state index in [-0.39, 0.29) is 5.56 Å². The standard InChI is InChI=1S/C20H20F5NO/c1-2-17(27)18(12-8-15(21)11-16(22)9-12)26-19(6-7-19)13-4-3-5-14(10-13)20(23,24)25/h3-5,8-11,17-18,26-27H,2,6-7H2,1H3. The molecule has 0 bridgehead atoms. The highest BCUT2D eigenvalue weighted by molar-refractivity contribution is 5.36. The highest BCUT2D eigenvalue weighted by atomic mass is 19.4. The smallest absolute Gasteiger partial charge is 0.391 e. The molecule has 0 aliphatic heterocycles. The molecule has 2 atom stereocenters. The van der Waals surface area contributed by atoms with Crippen molar-refractivity contribution in [1.29, 1.82) is 0 Å². The fourth-order valence-electron chi connectivity index (χ4n) is 3.32. The molecule has 0 amide bonds. The van der Waals surface area contributed by atoms with E-state index in [0.29, 0.717) is 24.8 Å². The van der Waals surface area contributed by atoms with E-state index in [1.165, 1.54) is 6.07 Å². The fourth-order valence-corrected chi connectivity index (χ4v) is 3.32. The van der Waals surface area contributed by atoms with E-state index in [1.807, 2.05) is 0 Å². The molecule has 3 rings (SSSR count). The molecule has 146 valence electrons. The Balaban J connectivity index is 1.94. The van der Waals surface area contributed by atoms with Crippen molar-refractivity contribution in [2.45, 2.75) is 50.0 Å². The number of aliphatic hydroxyl groups excluding tert-OH is 1. The Morgan fingerprint density at radius 2 is 1.70 bits per heavy atom. The number of rotatable bonds is 6. The second kappa shape index (κ2) is 7.20. The Kier molecular flexibility index (Phi) is 5.27. The molecule has 1 fully saturated rings. The maximum absolute atomic E-state index is 13.6. The molecule has 0 radical (unpaired) electrons. The van der Waals surface area contributed by atoms with Crippen LogP contribution in [0.4, 0.5) is 22.0 Å². The average Bonchev–Trinajstić information content (AvgIpc) is 3.38. The van der Waals surface area contributed by atoms with Crippen molar-refractivity contribution in [3.8, 4) is 0 Å². The molecule has 0 saturated heterocycles. The van der Waals surface area contributed by atoms with Crippen LogP contribution in [0.1, 0.15) is 48.9 Å². The number of aliphatic hydroxyl groups is 1. The zero-order valence-electron chi connectivity index (χ0n) is 14.7. The zero-order valence-corrected chi connectivity index (χ0v) is 14.7. The molecule has 7 heteroatoms. The van der Waals surface area contributed by atoms with Gasteiger partial charge in [0.2, 0.25) is 0 Å². The number of hydrogen-bond acceptors (Lipinski definition) is 2. The molecule has 2 N–H and O–H groups in total. The van der Waals surface area contributed by atoms with Gasteiger partial charge in [-0.2, -0.15) is 13.2 Å². The van der Waals surface area contributed by atoms with Crippen LogP contribution >= 0.6 is 0 Å². The molecule has 1 aliphatic carbocycles. The summed E-state index contributed by atoms with van der Waals surface area (Å²) in [7, 11) is 0. The average molecular weight is 385 g/mol. The molecular formula is C20H20F5NO. The third-order valence-electron chi connectivity index (χ3n) is 4.97. The first-order valence-electron chi connectivity index (χ1n) is 8.74. The normalized spacial score (nSPS) is 18.2. The lowest BCUT2D eigenvalue weighted by Gasteiger charge is -2.30. The van der Waals surface area contributed by atoms with Gasteiger partial charge in [-0.1, -0.05) is 19.1 Å². The van der Waals surface area contributed by atoms with Gasteiger partial charge in [-0.05, 0) is 54.7 Å². The van der Waals surface area contributed by atoms with Crippen LogP contribution in [0.15, 0.2) is 42.5 Å². The number of benzene rings is 2. The summed E-state index contributed by atoms with van der Waals surface area (Å²) < 4.78 is 66.4. The van der Waals surface area contributed by atoms with Gasteiger partial charge in [-0.3, -0.25) is 5.32 Å². The summed E-state index contributed by atoms with van der Waals surface area (Å²) in [4.78, 5) is 0. The second-order valence-corrected chi connectivity index (χ2v) is 6.96. The number of halogens is 5. The summed E-state index contributed by atoms with van der Waals surface area (Å²) in [5.41, 5.74) is -0.842. The van der Waals surface area contributed by atoms with E-state index in [0.717, 1.165) is 30.3 Å². The summed E-state index contributed by atoms with van der Waals surface area (Å²) in [5.74, 6) is -1.55. The Hall–Kier alpha value is -1.99. The highest BCUT2D eigenvalue weighted by Crippen LogP contribution is 2.48. The van der Waals surface area contributed by atoms with Crippen molar-refractivity contribution in [3.63, 3.8) is 0 Å². The minimum atomic E-state index is -4.46. The van der Waals surface area contributed by atoms with Gasteiger partial charge < -0.3 is 5.11 Å². The monoisotopic (exact) mass is 385 g/mol. The minimum Gasteiger partial charge on any atom is -0.391 e. The van der Waals surface area contributed by atoms with E-state index in [4.69, 9.17) is 0 Å². The van der Waals surface area contributed by atoms with Crippen LogP contribution in [0.3, 0.4) is 0 Å². The Morgan fingerprint density at radius 1 is 1.07 bits per heavy atom. The van der Waals surface area contributed by atoms with Crippen LogP contribution < -0.4 is 5.32 Å². The molecule has 0 spiro atoms. The molecule has 2 unspecified atom stereocenters. The van der Waals surface area contributed by atoms with Crippen LogP contribution in [-0.4, -0.2) is 11.2 Å². The van der Waals surface area contributed by atoms with E-state index >= 15 is 0 Å². The Labute approximate surface area is 154 Å². The van der Waals surface area contributed by atoms with Crippen molar-refractivity contribution < 1.29 is 27.1 Å². The molecule has 2 nitrogen and oxygen atoms in total. The molecule has 0 aromatic heterocycles. The van der Waals surface area contributed by atoms with E-state index in [1.54, 1.807) is 13.0 Å².